The Morgan fingerprint density at radius 2 is 1.35 bits per heavy atom. The Morgan fingerprint density at radius 3 is 1.92 bits per heavy atom. The molecule has 48 heavy (non-hydrogen) atoms. The molecule has 4 atom stereocenters. The van der Waals surface area contributed by atoms with Crippen molar-refractivity contribution in [2.24, 2.45) is 0 Å². The van der Waals surface area contributed by atoms with Gasteiger partial charge in [-0.1, -0.05) is 53.1 Å². The lowest BCUT2D eigenvalue weighted by molar-refractivity contribution is -0.0908. The van der Waals surface area contributed by atoms with Gasteiger partial charge in [0.2, 0.25) is 5.65 Å². The fourth-order valence-corrected chi connectivity index (χ4v) is 5.90. The third kappa shape index (κ3) is 6.51. The predicted octanol–water partition coefficient (Wildman–Crippen LogP) is 5.30. The summed E-state index contributed by atoms with van der Waals surface area (Å²) in [7, 11) is 0. The van der Waals surface area contributed by atoms with Gasteiger partial charge >= 0.3 is 17.9 Å². The van der Waals surface area contributed by atoms with E-state index in [4.69, 9.17) is 18.9 Å². The Bertz CT molecular complexity index is 1960. The van der Waals surface area contributed by atoms with Crippen molar-refractivity contribution in [1.82, 2.24) is 24.8 Å². The summed E-state index contributed by atoms with van der Waals surface area (Å²) < 4.78 is 26.1. The van der Waals surface area contributed by atoms with E-state index in [1.807, 2.05) is 27.0 Å². The van der Waals surface area contributed by atoms with Gasteiger partial charge in [0.25, 0.3) is 0 Å². The second-order valence-electron chi connectivity index (χ2n) is 11.7. The van der Waals surface area contributed by atoms with Gasteiger partial charge in [-0.2, -0.15) is 9.61 Å². The van der Waals surface area contributed by atoms with Gasteiger partial charge in [-0.05, 0) is 70.3 Å². The highest BCUT2D eigenvalue weighted by Gasteiger charge is 2.61. The molecular weight excluding hydrogens is 634 g/mol. The summed E-state index contributed by atoms with van der Waals surface area (Å²) in [5.74, 6) is -1.80. The molecule has 0 radical (unpaired) electrons. The Kier molecular flexibility index (Phi) is 9.24. The zero-order valence-corrected chi connectivity index (χ0v) is 27.8. The first-order chi connectivity index (χ1) is 23.1. The topological polar surface area (TPSA) is 144 Å². The fourth-order valence-electron chi connectivity index (χ4n) is 5.43. The second-order valence-corrected chi connectivity index (χ2v) is 12.5. The van der Waals surface area contributed by atoms with Crippen molar-refractivity contribution in [2.45, 2.75) is 56.6 Å². The number of benzene rings is 3. The molecule has 1 saturated heterocycles. The van der Waals surface area contributed by atoms with Crippen LogP contribution in [0.25, 0.3) is 5.65 Å². The number of ether oxygens (including phenoxy) is 4. The van der Waals surface area contributed by atoms with Gasteiger partial charge < -0.3 is 18.9 Å². The molecule has 0 bridgehead atoms. The SMILES string of the molecule is CSc1ncnn2c([C@@H]3O[C@H](COC(=O)c4ccc(C)cc4)[C@@H](OC(=O)c4ccc(C)cc4)[C@@]3(C)OC(=O)c3ccc(C)cc3)nnc12. The monoisotopic (exact) mass is 667 g/mol. The average molecular weight is 668 g/mol. The van der Waals surface area contributed by atoms with Gasteiger partial charge in [0.05, 0.1) is 16.7 Å². The van der Waals surface area contributed by atoms with E-state index >= 15 is 0 Å². The summed E-state index contributed by atoms with van der Waals surface area (Å²) in [6.45, 7) is 6.97. The largest absolute Gasteiger partial charge is 0.459 e. The Balaban J connectivity index is 1.42. The molecule has 1 aliphatic rings. The molecule has 3 aromatic carbocycles. The Labute approximate surface area is 280 Å². The fraction of sp³-hybridized carbons (Fsp3) is 0.286. The summed E-state index contributed by atoms with van der Waals surface area (Å²) in [5, 5.41) is 13.6. The van der Waals surface area contributed by atoms with E-state index in [0.717, 1.165) is 16.7 Å². The first-order valence-electron chi connectivity index (χ1n) is 15.1. The van der Waals surface area contributed by atoms with Crippen LogP contribution in [0.5, 0.6) is 0 Å². The van der Waals surface area contributed by atoms with Gasteiger partial charge in [0, 0.05) is 0 Å². The molecule has 246 valence electrons. The maximum Gasteiger partial charge on any atom is 0.338 e. The van der Waals surface area contributed by atoms with E-state index in [0.29, 0.717) is 16.2 Å². The number of aromatic nitrogens is 5. The normalized spacial score (nSPS) is 20.4. The van der Waals surface area contributed by atoms with E-state index < -0.39 is 41.8 Å². The van der Waals surface area contributed by atoms with E-state index in [-0.39, 0.29) is 23.6 Å². The van der Waals surface area contributed by atoms with Gasteiger partial charge in [-0.15, -0.1) is 22.0 Å². The van der Waals surface area contributed by atoms with Crippen molar-refractivity contribution >= 4 is 35.3 Å². The summed E-state index contributed by atoms with van der Waals surface area (Å²) in [6, 6.07) is 20.6. The molecule has 6 rings (SSSR count). The molecule has 12 nitrogen and oxygen atoms in total. The Morgan fingerprint density at radius 1 is 0.812 bits per heavy atom. The second kappa shape index (κ2) is 13.5. The summed E-state index contributed by atoms with van der Waals surface area (Å²) in [6.07, 6.45) is -0.346. The number of carbonyl (C=O) groups excluding carboxylic acids is 3. The van der Waals surface area contributed by atoms with Gasteiger partial charge in [-0.25, -0.2) is 19.4 Å². The van der Waals surface area contributed by atoms with Crippen molar-refractivity contribution in [2.75, 3.05) is 12.9 Å². The molecule has 0 amide bonds. The van der Waals surface area contributed by atoms with Crippen LogP contribution in [0.15, 0.2) is 84.1 Å². The maximum absolute atomic E-state index is 13.7. The molecular formula is C35H33N5O7S. The smallest absolute Gasteiger partial charge is 0.338 e. The van der Waals surface area contributed by atoms with E-state index in [9.17, 15) is 14.4 Å². The highest BCUT2D eigenvalue weighted by molar-refractivity contribution is 7.98. The number of carbonyl (C=O) groups is 3. The molecule has 1 aliphatic heterocycles. The van der Waals surface area contributed by atoms with E-state index in [1.165, 1.54) is 22.6 Å². The molecule has 0 N–H and O–H groups in total. The standard InChI is InChI=1S/C35H33N5O7S/c1-20-6-12-23(13-7-20)32(41)44-18-26-27(46-33(42)24-14-8-21(2)9-15-24)35(4,47-34(43)25-16-10-22(3)11-17-25)28(45-26)29-38-39-30-31(48-5)36-19-37-40(29)30/h6-17,19,26-28H,18H2,1-5H3/t26-,27-,28+,35-/m1/s1. The van der Waals surface area contributed by atoms with Crippen molar-refractivity contribution in [3.05, 3.63) is 118 Å². The summed E-state index contributed by atoms with van der Waals surface area (Å²) >= 11 is 1.35. The van der Waals surface area contributed by atoms with Gasteiger partial charge in [0.1, 0.15) is 24.1 Å². The van der Waals surface area contributed by atoms with Crippen LogP contribution in [-0.2, 0) is 18.9 Å². The molecule has 0 aliphatic carbocycles. The predicted molar refractivity (Wildman–Crippen MR) is 175 cm³/mol. The van der Waals surface area contributed by atoms with Crippen LogP contribution in [0.4, 0.5) is 0 Å². The highest BCUT2D eigenvalue weighted by atomic mass is 32.2. The van der Waals surface area contributed by atoms with Crippen LogP contribution in [0.1, 0.15) is 66.6 Å². The third-order valence-corrected chi connectivity index (χ3v) is 8.82. The van der Waals surface area contributed by atoms with Gasteiger partial charge in [0.15, 0.2) is 23.6 Å². The first-order valence-corrected chi connectivity index (χ1v) is 16.4. The number of rotatable bonds is 9. The minimum absolute atomic E-state index is 0.172. The van der Waals surface area contributed by atoms with Crippen molar-refractivity contribution in [3.63, 3.8) is 0 Å². The molecule has 0 spiro atoms. The molecule has 0 saturated carbocycles. The van der Waals surface area contributed by atoms with E-state index in [2.05, 4.69) is 20.3 Å². The maximum atomic E-state index is 13.7. The van der Waals surface area contributed by atoms with Crippen molar-refractivity contribution < 1.29 is 33.3 Å². The molecule has 13 heteroatoms. The lowest BCUT2D eigenvalue weighted by Gasteiger charge is -2.33. The molecule has 5 aromatic rings. The number of hydrogen-bond acceptors (Lipinski definition) is 12. The van der Waals surface area contributed by atoms with E-state index in [1.54, 1.807) is 79.7 Å². The summed E-state index contributed by atoms with van der Waals surface area (Å²) in [4.78, 5) is 44.7. The minimum Gasteiger partial charge on any atom is -0.459 e. The van der Waals surface area contributed by atoms with Crippen molar-refractivity contribution in [1.29, 1.82) is 0 Å². The van der Waals surface area contributed by atoms with Crippen LogP contribution in [-0.4, -0.2) is 73.4 Å². The Hall–Kier alpha value is -5.14. The lowest BCUT2D eigenvalue weighted by atomic mass is 9.91. The molecule has 2 aromatic heterocycles. The average Bonchev–Trinajstić information content (AvgIpc) is 3.62. The first kappa shape index (κ1) is 32.8. The van der Waals surface area contributed by atoms with Gasteiger partial charge in [-0.3, -0.25) is 0 Å². The number of thioether (sulfide) groups is 1. The number of aryl methyl sites for hydroxylation is 3. The van der Waals surface area contributed by atoms with Crippen LogP contribution < -0.4 is 0 Å². The highest BCUT2D eigenvalue weighted by Crippen LogP contribution is 2.46. The third-order valence-electron chi connectivity index (χ3n) is 8.15. The number of esters is 3. The van der Waals surface area contributed by atoms with Crippen molar-refractivity contribution in [3.8, 4) is 0 Å². The van der Waals surface area contributed by atoms with Crippen LogP contribution in [0.3, 0.4) is 0 Å². The number of fused-ring (bicyclic) bond motifs is 1. The number of nitrogens with zero attached hydrogens (tertiary/aromatic N) is 5. The molecule has 0 unspecified atom stereocenters. The van der Waals surface area contributed by atoms with Crippen LogP contribution in [0.2, 0.25) is 0 Å². The zero-order chi connectivity index (χ0) is 34.0. The van der Waals surface area contributed by atoms with Crippen LogP contribution in [0, 0.1) is 20.8 Å². The minimum atomic E-state index is -1.71. The summed E-state index contributed by atoms with van der Waals surface area (Å²) in [5.41, 5.74) is 2.43. The van der Waals surface area contributed by atoms with Crippen LogP contribution >= 0.6 is 11.8 Å². The lowest BCUT2D eigenvalue weighted by Crippen LogP contribution is -2.50. The molecule has 1 fully saturated rings. The quantitative estimate of drug-likeness (QED) is 0.114. The zero-order valence-electron chi connectivity index (χ0n) is 26.9. The molecule has 3 heterocycles. The number of hydrogen-bond donors (Lipinski definition) is 0.